The van der Waals surface area contributed by atoms with Crippen molar-refractivity contribution >= 4 is 12.1 Å². The number of carbonyl (C=O) groups excluding carboxylic acids is 1. The summed E-state index contributed by atoms with van der Waals surface area (Å²) in [7, 11) is 0. The van der Waals surface area contributed by atoms with Gasteiger partial charge in [-0.15, -0.1) is 0 Å². The van der Waals surface area contributed by atoms with Crippen LogP contribution in [0.3, 0.4) is 0 Å². The van der Waals surface area contributed by atoms with Gasteiger partial charge in [-0.05, 0) is 30.3 Å². The molecule has 1 aromatic carbocycles. The predicted molar refractivity (Wildman–Crippen MR) is 66.0 cm³/mol. The first-order valence-corrected chi connectivity index (χ1v) is 5.41. The number of aromatic nitrogens is 1. The summed E-state index contributed by atoms with van der Waals surface area (Å²) in [5.41, 5.74) is 1.33. The zero-order valence-electron chi connectivity index (χ0n) is 9.72. The third-order valence-corrected chi connectivity index (χ3v) is 2.36. The standard InChI is InChI=1S/C13H10F2N2O2/c14-13(15)19-12-5-4-9(17-8-18)7-10(12)11-3-1-2-6-16-11/h1-8,13H,(H,17,18). The molecule has 0 spiro atoms. The molecule has 0 unspecified atom stereocenters. The summed E-state index contributed by atoms with van der Waals surface area (Å²) in [6, 6.07) is 9.46. The van der Waals surface area contributed by atoms with Gasteiger partial charge in [0.1, 0.15) is 5.75 Å². The van der Waals surface area contributed by atoms with E-state index in [9.17, 15) is 13.6 Å². The SMILES string of the molecule is O=CNc1ccc(OC(F)F)c(-c2ccccn2)c1. The van der Waals surface area contributed by atoms with E-state index in [2.05, 4.69) is 15.0 Å². The normalized spacial score (nSPS) is 10.3. The van der Waals surface area contributed by atoms with Gasteiger partial charge >= 0.3 is 6.61 Å². The maximum absolute atomic E-state index is 12.4. The number of amides is 1. The molecule has 0 saturated heterocycles. The first-order chi connectivity index (χ1) is 9.20. The molecule has 0 aliphatic carbocycles. The molecule has 2 aromatic rings. The average molecular weight is 264 g/mol. The quantitative estimate of drug-likeness (QED) is 0.845. The number of pyridine rings is 1. The first kappa shape index (κ1) is 12.9. The number of nitrogens with one attached hydrogen (secondary N) is 1. The number of carbonyl (C=O) groups is 1. The molecule has 1 N–H and O–H groups in total. The van der Waals surface area contributed by atoms with Crippen LogP contribution in [0.25, 0.3) is 11.3 Å². The molecule has 1 amide bonds. The van der Waals surface area contributed by atoms with E-state index in [-0.39, 0.29) is 5.75 Å². The molecule has 0 bridgehead atoms. The average Bonchev–Trinajstić information content (AvgIpc) is 2.41. The number of benzene rings is 1. The lowest BCUT2D eigenvalue weighted by Gasteiger charge is -2.11. The Kier molecular flexibility index (Phi) is 4.02. The first-order valence-electron chi connectivity index (χ1n) is 5.41. The highest BCUT2D eigenvalue weighted by Crippen LogP contribution is 2.32. The fraction of sp³-hybridized carbons (Fsp3) is 0.0769. The van der Waals surface area contributed by atoms with Crippen LogP contribution in [0.2, 0.25) is 0 Å². The molecular formula is C13H10F2N2O2. The van der Waals surface area contributed by atoms with E-state index in [1.54, 1.807) is 24.4 Å². The molecule has 0 fully saturated rings. The number of hydrogen-bond donors (Lipinski definition) is 1. The van der Waals surface area contributed by atoms with E-state index in [1.165, 1.54) is 18.2 Å². The highest BCUT2D eigenvalue weighted by atomic mass is 19.3. The summed E-state index contributed by atoms with van der Waals surface area (Å²) in [5.74, 6) is 0.00477. The van der Waals surface area contributed by atoms with Crippen LogP contribution >= 0.6 is 0 Å². The number of hydrogen-bond acceptors (Lipinski definition) is 3. The van der Waals surface area contributed by atoms with Gasteiger partial charge in [0.05, 0.1) is 5.69 Å². The summed E-state index contributed by atoms with van der Waals surface area (Å²) in [6.07, 6.45) is 2.05. The van der Waals surface area contributed by atoms with Crippen molar-refractivity contribution in [1.29, 1.82) is 0 Å². The van der Waals surface area contributed by atoms with E-state index >= 15 is 0 Å². The van der Waals surface area contributed by atoms with Crippen LogP contribution in [0.4, 0.5) is 14.5 Å². The van der Waals surface area contributed by atoms with E-state index in [0.29, 0.717) is 23.4 Å². The number of rotatable bonds is 5. The Labute approximate surface area is 108 Å². The lowest BCUT2D eigenvalue weighted by atomic mass is 10.1. The maximum atomic E-state index is 12.4. The smallest absolute Gasteiger partial charge is 0.387 e. The van der Waals surface area contributed by atoms with Crippen molar-refractivity contribution in [2.24, 2.45) is 0 Å². The minimum absolute atomic E-state index is 0.00477. The molecule has 0 saturated carbocycles. The van der Waals surface area contributed by atoms with Crippen LogP contribution < -0.4 is 10.1 Å². The fourth-order valence-electron chi connectivity index (χ4n) is 1.61. The van der Waals surface area contributed by atoms with E-state index < -0.39 is 6.61 Å². The van der Waals surface area contributed by atoms with E-state index in [1.807, 2.05) is 0 Å². The van der Waals surface area contributed by atoms with Gasteiger partial charge in [-0.2, -0.15) is 8.78 Å². The zero-order valence-corrected chi connectivity index (χ0v) is 9.72. The molecule has 0 aliphatic rings. The second-order valence-corrected chi connectivity index (χ2v) is 3.57. The Morgan fingerprint density at radius 3 is 2.74 bits per heavy atom. The van der Waals surface area contributed by atoms with Crippen molar-refractivity contribution in [3.63, 3.8) is 0 Å². The van der Waals surface area contributed by atoms with Crippen molar-refractivity contribution in [3.8, 4) is 17.0 Å². The summed E-state index contributed by atoms with van der Waals surface area (Å²) >= 11 is 0. The van der Waals surface area contributed by atoms with Crippen LogP contribution in [-0.2, 0) is 4.79 Å². The van der Waals surface area contributed by atoms with E-state index in [0.717, 1.165) is 0 Å². The minimum atomic E-state index is -2.92. The van der Waals surface area contributed by atoms with Gasteiger partial charge in [0.15, 0.2) is 0 Å². The van der Waals surface area contributed by atoms with Crippen LogP contribution in [0.15, 0.2) is 42.6 Å². The summed E-state index contributed by atoms with van der Waals surface area (Å²) in [5, 5.41) is 2.45. The minimum Gasteiger partial charge on any atom is -0.434 e. The maximum Gasteiger partial charge on any atom is 0.387 e. The molecule has 0 atom stereocenters. The van der Waals surface area contributed by atoms with Crippen molar-refractivity contribution in [3.05, 3.63) is 42.6 Å². The van der Waals surface area contributed by atoms with Gasteiger partial charge in [0, 0.05) is 17.4 Å². The van der Waals surface area contributed by atoms with E-state index in [4.69, 9.17) is 0 Å². The monoisotopic (exact) mass is 264 g/mol. The third kappa shape index (κ3) is 3.25. The summed E-state index contributed by atoms with van der Waals surface area (Å²) < 4.78 is 29.1. The Balaban J connectivity index is 2.46. The Morgan fingerprint density at radius 2 is 2.11 bits per heavy atom. The van der Waals surface area contributed by atoms with Crippen LogP contribution in [0.5, 0.6) is 5.75 Å². The van der Waals surface area contributed by atoms with Crippen molar-refractivity contribution in [1.82, 2.24) is 4.98 Å². The topological polar surface area (TPSA) is 51.2 Å². The highest BCUT2D eigenvalue weighted by molar-refractivity contribution is 5.78. The Hall–Kier alpha value is -2.50. The highest BCUT2D eigenvalue weighted by Gasteiger charge is 2.12. The molecular weight excluding hydrogens is 254 g/mol. The third-order valence-electron chi connectivity index (χ3n) is 2.36. The van der Waals surface area contributed by atoms with Gasteiger partial charge in [-0.25, -0.2) is 0 Å². The predicted octanol–water partition coefficient (Wildman–Crippen LogP) is 2.92. The van der Waals surface area contributed by atoms with Crippen LogP contribution in [0.1, 0.15) is 0 Å². The van der Waals surface area contributed by atoms with Gasteiger partial charge in [-0.3, -0.25) is 9.78 Å². The van der Waals surface area contributed by atoms with Crippen molar-refractivity contribution in [2.75, 3.05) is 5.32 Å². The molecule has 6 heteroatoms. The summed E-state index contributed by atoms with van der Waals surface area (Å²) in [4.78, 5) is 14.5. The fourth-order valence-corrected chi connectivity index (χ4v) is 1.61. The molecule has 1 heterocycles. The van der Waals surface area contributed by atoms with Gasteiger partial charge in [0.2, 0.25) is 6.41 Å². The lowest BCUT2D eigenvalue weighted by Crippen LogP contribution is -2.04. The lowest BCUT2D eigenvalue weighted by molar-refractivity contribution is -0.105. The zero-order chi connectivity index (χ0) is 13.7. The van der Waals surface area contributed by atoms with Crippen molar-refractivity contribution < 1.29 is 18.3 Å². The number of ether oxygens (including phenoxy) is 1. The number of alkyl halides is 2. The van der Waals surface area contributed by atoms with Gasteiger partial charge in [-0.1, -0.05) is 6.07 Å². The molecule has 19 heavy (non-hydrogen) atoms. The Morgan fingerprint density at radius 1 is 1.26 bits per heavy atom. The second-order valence-electron chi connectivity index (χ2n) is 3.57. The number of nitrogens with zero attached hydrogens (tertiary/aromatic N) is 1. The number of halogens is 2. The molecule has 4 nitrogen and oxygen atoms in total. The van der Waals surface area contributed by atoms with Crippen LogP contribution in [0, 0.1) is 0 Å². The molecule has 1 aromatic heterocycles. The largest absolute Gasteiger partial charge is 0.434 e. The Bertz CT molecular complexity index is 562. The second kappa shape index (κ2) is 5.90. The molecule has 2 rings (SSSR count). The van der Waals surface area contributed by atoms with Crippen LogP contribution in [-0.4, -0.2) is 18.0 Å². The van der Waals surface area contributed by atoms with Gasteiger partial charge < -0.3 is 10.1 Å². The summed E-state index contributed by atoms with van der Waals surface area (Å²) in [6.45, 7) is -2.92. The van der Waals surface area contributed by atoms with Gasteiger partial charge in [0.25, 0.3) is 0 Å². The van der Waals surface area contributed by atoms with Crippen molar-refractivity contribution in [2.45, 2.75) is 6.61 Å². The molecule has 0 radical (unpaired) electrons. The molecule has 0 aliphatic heterocycles. The molecule has 98 valence electrons. The number of anilines is 1.